The minimum atomic E-state index is -0.771. The first kappa shape index (κ1) is 21.3. The summed E-state index contributed by atoms with van der Waals surface area (Å²) in [5, 5.41) is 11.1. The number of nitrogens with zero attached hydrogens (tertiary/aromatic N) is 1. The molecule has 0 unspecified atom stereocenters. The van der Waals surface area contributed by atoms with Gasteiger partial charge in [-0.15, -0.1) is 0 Å². The Morgan fingerprint density at radius 2 is 1.61 bits per heavy atom. The Morgan fingerprint density at radius 3 is 2.26 bits per heavy atom. The zero-order chi connectivity index (χ0) is 21.7. The van der Waals surface area contributed by atoms with Gasteiger partial charge in [0.15, 0.2) is 0 Å². The molecule has 3 aromatic carbocycles. The van der Waals surface area contributed by atoms with Crippen molar-refractivity contribution in [3.05, 3.63) is 95.6 Å². The number of rotatable bonds is 6. The molecule has 160 valence electrons. The normalized spacial score (nSPS) is 16.1. The van der Waals surface area contributed by atoms with Gasteiger partial charge in [-0.2, -0.15) is 0 Å². The molecule has 1 saturated heterocycles. The van der Waals surface area contributed by atoms with Crippen molar-refractivity contribution in [2.45, 2.75) is 31.9 Å². The van der Waals surface area contributed by atoms with Gasteiger partial charge in [-0.3, -0.25) is 4.90 Å². The molecule has 4 nitrogen and oxygen atoms in total. The van der Waals surface area contributed by atoms with E-state index < -0.39 is 5.60 Å². The Labute approximate surface area is 184 Å². The summed E-state index contributed by atoms with van der Waals surface area (Å²) >= 11 is 0. The third kappa shape index (κ3) is 4.87. The van der Waals surface area contributed by atoms with Crippen molar-refractivity contribution >= 4 is 5.97 Å². The number of ether oxygens (including phenoxy) is 1. The third-order valence-corrected chi connectivity index (χ3v) is 6.09. The highest BCUT2D eigenvalue weighted by Gasteiger charge is 2.33. The lowest BCUT2D eigenvalue weighted by atomic mass is 9.84. The van der Waals surface area contributed by atoms with Crippen LogP contribution in [0, 0.1) is 0 Å². The van der Waals surface area contributed by atoms with Crippen LogP contribution in [-0.4, -0.2) is 35.7 Å². The average molecular weight is 416 g/mol. The van der Waals surface area contributed by atoms with Crippen LogP contribution in [0.25, 0.3) is 11.1 Å². The lowest BCUT2D eigenvalue weighted by Crippen LogP contribution is -2.42. The highest BCUT2D eigenvalue weighted by Crippen LogP contribution is 2.34. The number of piperidine rings is 1. The maximum atomic E-state index is 12.3. The van der Waals surface area contributed by atoms with Gasteiger partial charge in [0, 0.05) is 19.6 Å². The van der Waals surface area contributed by atoms with Crippen LogP contribution >= 0.6 is 0 Å². The van der Waals surface area contributed by atoms with E-state index in [0.29, 0.717) is 25.0 Å². The first-order valence-corrected chi connectivity index (χ1v) is 10.9. The lowest BCUT2D eigenvalue weighted by molar-refractivity contribution is -0.0277. The van der Waals surface area contributed by atoms with Crippen LogP contribution < -0.4 is 0 Å². The largest absolute Gasteiger partial charge is 0.462 e. The average Bonchev–Trinajstić information content (AvgIpc) is 2.82. The van der Waals surface area contributed by atoms with E-state index in [9.17, 15) is 9.90 Å². The molecule has 1 heterocycles. The van der Waals surface area contributed by atoms with Crippen molar-refractivity contribution in [1.29, 1.82) is 0 Å². The van der Waals surface area contributed by atoms with E-state index in [1.54, 1.807) is 0 Å². The molecule has 3 aromatic rings. The topological polar surface area (TPSA) is 49.8 Å². The fourth-order valence-electron chi connectivity index (χ4n) is 4.32. The Balaban J connectivity index is 1.55. The number of carbonyl (C=O) groups is 1. The second-order valence-corrected chi connectivity index (χ2v) is 8.13. The van der Waals surface area contributed by atoms with E-state index >= 15 is 0 Å². The Bertz CT molecular complexity index is 1010. The summed E-state index contributed by atoms with van der Waals surface area (Å²) in [6.07, 6.45) is 1.38. The second-order valence-electron chi connectivity index (χ2n) is 8.13. The zero-order valence-electron chi connectivity index (χ0n) is 18.0. The minimum absolute atomic E-state index is 0.291. The first-order valence-electron chi connectivity index (χ1n) is 10.9. The van der Waals surface area contributed by atoms with Gasteiger partial charge in [-0.25, -0.2) is 4.79 Å². The molecule has 1 N–H and O–H groups in total. The van der Waals surface area contributed by atoms with Crippen molar-refractivity contribution < 1.29 is 14.6 Å². The van der Waals surface area contributed by atoms with E-state index in [2.05, 4.69) is 17.0 Å². The second kappa shape index (κ2) is 9.46. The highest BCUT2D eigenvalue weighted by molar-refractivity contribution is 5.90. The summed E-state index contributed by atoms with van der Waals surface area (Å²) in [5.74, 6) is -0.291. The molecule has 0 bridgehead atoms. The Morgan fingerprint density at radius 1 is 0.968 bits per heavy atom. The van der Waals surface area contributed by atoms with Gasteiger partial charge in [0.05, 0.1) is 17.8 Å². The fraction of sp³-hybridized carbons (Fsp3) is 0.296. The van der Waals surface area contributed by atoms with Gasteiger partial charge in [0.2, 0.25) is 0 Å². The standard InChI is InChI=1S/C27H29NO3/c1-2-31-26(29)22-13-14-25(21-9-5-3-6-10-21)23(19-22)20-28-17-15-27(30,16-18-28)24-11-7-4-8-12-24/h3-14,19,30H,2,15-18,20H2,1H3. The van der Waals surface area contributed by atoms with E-state index in [-0.39, 0.29) is 5.97 Å². The molecule has 1 fully saturated rings. The summed E-state index contributed by atoms with van der Waals surface area (Å²) in [6, 6.07) is 26.0. The van der Waals surface area contributed by atoms with E-state index in [4.69, 9.17) is 4.74 Å². The molecule has 4 heteroatoms. The van der Waals surface area contributed by atoms with Crippen molar-refractivity contribution in [2.75, 3.05) is 19.7 Å². The summed E-state index contributed by atoms with van der Waals surface area (Å²) < 4.78 is 5.21. The molecule has 1 aliphatic heterocycles. The maximum absolute atomic E-state index is 12.3. The smallest absolute Gasteiger partial charge is 0.338 e. The van der Waals surface area contributed by atoms with Crippen LogP contribution in [0.5, 0.6) is 0 Å². The van der Waals surface area contributed by atoms with Crippen molar-refractivity contribution in [3.8, 4) is 11.1 Å². The van der Waals surface area contributed by atoms with Crippen LogP contribution in [0.15, 0.2) is 78.9 Å². The predicted octanol–water partition coefficient (Wildman–Crippen LogP) is 5.01. The van der Waals surface area contributed by atoms with Crippen LogP contribution in [0.1, 0.15) is 41.3 Å². The molecule has 0 aliphatic carbocycles. The van der Waals surface area contributed by atoms with Crippen molar-refractivity contribution in [3.63, 3.8) is 0 Å². The number of likely N-dealkylation sites (tertiary alicyclic amines) is 1. The number of aliphatic hydroxyl groups is 1. The molecule has 4 rings (SSSR count). The molecule has 0 amide bonds. The van der Waals surface area contributed by atoms with Crippen LogP contribution in [0.3, 0.4) is 0 Å². The minimum Gasteiger partial charge on any atom is -0.462 e. The Hall–Kier alpha value is -2.95. The van der Waals surface area contributed by atoms with Crippen molar-refractivity contribution in [1.82, 2.24) is 4.90 Å². The number of hydrogen-bond acceptors (Lipinski definition) is 4. The van der Waals surface area contributed by atoms with Gasteiger partial charge in [0.1, 0.15) is 0 Å². The molecule has 0 saturated carbocycles. The van der Waals surface area contributed by atoms with E-state index in [0.717, 1.165) is 41.9 Å². The van der Waals surface area contributed by atoms with Gasteiger partial charge < -0.3 is 9.84 Å². The monoisotopic (exact) mass is 415 g/mol. The predicted molar refractivity (Wildman–Crippen MR) is 123 cm³/mol. The summed E-state index contributed by atoms with van der Waals surface area (Å²) in [6.45, 7) is 4.49. The Kier molecular flexibility index (Phi) is 6.50. The van der Waals surface area contributed by atoms with Gasteiger partial charge in [0.25, 0.3) is 0 Å². The maximum Gasteiger partial charge on any atom is 0.338 e. The summed E-state index contributed by atoms with van der Waals surface area (Å²) in [4.78, 5) is 14.7. The van der Waals surface area contributed by atoms with Crippen LogP contribution in [0.2, 0.25) is 0 Å². The highest BCUT2D eigenvalue weighted by atomic mass is 16.5. The molecular weight excluding hydrogens is 386 g/mol. The van der Waals surface area contributed by atoms with Crippen LogP contribution in [-0.2, 0) is 16.9 Å². The number of hydrogen-bond donors (Lipinski definition) is 1. The van der Waals surface area contributed by atoms with Gasteiger partial charge in [-0.05, 0) is 54.2 Å². The molecule has 31 heavy (non-hydrogen) atoms. The molecule has 1 aliphatic rings. The van der Waals surface area contributed by atoms with E-state index in [1.807, 2.05) is 73.7 Å². The number of esters is 1. The molecule has 0 radical (unpaired) electrons. The summed E-state index contributed by atoms with van der Waals surface area (Å²) in [5.41, 5.74) is 4.15. The number of carbonyl (C=O) groups excluding carboxylic acids is 1. The lowest BCUT2D eigenvalue weighted by Gasteiger charge is -2.38. The number of benzene rings is 3. The quantitative estimate of drug-likeness (QED) is 0.575. The first-order chi connectivity index (χ1) is 15.1. The molecular formula is C27H29NO3. The third-order valence-electron chi connectivity index (χ3n) is 6.09. The molecule has 0 spiro atoms. The van der Waals surface area contributed by atoms with Gasteiger partial charge in [-0.1, -0.05) is 66.7 Å². The fourth-order valence-corrected chi connectivity index (χ4v) is 4.32. The van der Waals surface area contributed by atoms with Crippen LogP contribution in [0.4, 0.5) is 0 Å². The molecule has 0 aromatic heterocycles. The van der Waals surface area contributed by atoms with E-state index in [1.165, 1.54) is 0 Å². The SMILES string of the molecule is CCOC(=O)c1ccc(-c2ccccc2)c(CN2CCC(O)(c3ccccc3)CC2)c1. The van der Waals surface area contributed by atoms with Crippen molar-refractivity contribution in [2.24, 2.45) is 0 Å². The zero-order valence-corrected chi connectivity index (χ0v) is 18.0. The molecule has 0 atom stereocenters. The van der Waals surface area contributed by atoms with Gasteiger partial charge >= 0.3 is 5.97 Å². The summed E-state index contributed by atoms with van der Waals surface area (Å²) in [7, 11) is 0.